The monoisotopic (exact) mass is 550 g/mol. The number of fused-ring (bicyclic) bond motifs is 7. The van der Waals surface area contributed by atoms with Crippen LogP contribution in [0.15, 0.2) is 11.6 Å². The van der Waals surface area contributed by atoms with Crippen LogP contribution >= 0.6 is 0 Å². The minimum Gasteiger partial charge on any atom is -0.458 e. The SMILES string of the molecule is CC1CC(O)C2(O)OC3CC4(CO)C(CCC5C4CC(O)C4(C)C(C6=CC(=O)OC6)CCC54O)CC3OC2O1. The van der Waals surface area contributed by atoms with Gasteiger partial charge in [-0.05, 0) is 81.1 Å². The van der Waals surface area contributed by atoms with Crippen LogP contribution in [0.5, 0.6) is 0 Å². The molecule has 0 aromatic rings. The topological polar surface area (TPSA) is 155 Å². The number of aliphatic hydroxyl groups is 5. The van der Waals surface area contributed by atoms with E-state index in [1.54, 1.807) is 0 Å². The molecular weight excluding hydrogens is 508 g/mol. The Balaban J connectivity index is 1.20. The highest BCUT2D eigenvalue weighted by Gasteiger charge is 2.72. The maximum absolute atomic E-state index is 12.5. The lowest BCUT2D eigenvalue weighted by atomic mass is 9.42. The third kappa shape index (κ3) is 3.40. The zero-order valence-electron chi connectivity index (χ0n) is 22.7. The van der Waals surface area contributed by atoms with Crippen LogP contribution in [0.25, 0.3) is 0 Å². The number of hydrogen-bond donors (Lipinski definition) is 5. The number of aliphatic hydroxyl groups excluding tert-OH is 3. The van der Waals surface area contributed by atoms with Gasteiger partial charge in [0, 0.05) is 29.9 Å². The quantitative estimate of drug-likeness (QED) is 0.246. The van der Waals surface area contributed by atoms with E-state index in [2.05, 4.69) is 0 Å². The molecule has 5 N–H and O–H groups in total. The highest BCUT2D eigenvalue weighted by Crippen LogP contribution is 2.70. The molecule has 7 rings (SSSR count). The van der Waals surface area contributed by atoms with Gasteiger partial charge in [0.05, 0.1) is 30.0 Å². The lowest BCUT2D eigenvalue weighted by Crippen LogP contribution is -2.72. The first-order chi connectivity index (χ1) is 18.5. The summed E-state index contributed by atoms with van der Waals surface area (Å²) in [6, 6.07) is 0. The molecule has 0 aromatic carbocycles. The Bertz CT molecular complexity index is 1060. The van der Waals surface area contributed by atoms with Crippen molar-refractivity contribution in [1.29, 1.82) is 0 Å². The van der Waals surface area contributed by atoms with Crippen molar-refractivity contribution in [2.24, 2.45) is 34.5 Å². The number of ether oxygens (including phenoxy) is 4. The summed E-state index contributed by atoms with van der Waals surface area (Å²) >= 11 is 0. The van der Waals surface area contributed by atoms with E-state index >= 15 is 0 Å². The van der Waals surface area contributed by atoms with Gasteiger partial charge in [-0.25, -0.2) is 4.79 Å². The van der Waals surface area contributed by atoms with Gasteiger partial charge in [-0.3, -0.25) is 0 Å². The predicted octanol–water partition coefficient (Wildman–Crippen LogP) is 0.765. The Morgan fingerprint density at radius 1 is 1.00 bits per heavy atom. The molecule has 3 aliphatic heterocycles. The van der Waals surface area contributed by atoms with E-state index in [4.69, 9.17) is 18.9 Å². The van der Waals surface area contributed by atoms with Gasteiger partial charge >= 0.3 is 5.97 Å². The minimum absolute atomic E-state index is 0.0895. The second kappa shape index (κ2) is 8.70. The van der Waals surface area contributed by atoms with Crippen LogP contribution in [0.3, 0.4) is 0 Å². The molecule has 10 nitrogen and oxygen atoms in total. The lowest BCUT2D eigenvalue weighted by molar-refractivity contribution is -0.459. The Hall–Kier alpha value is -1.11. The maximum atomic E-state index is 12.5. The first-order valence-electron chi connectivity index (χ1n) is 14.7. The second-order valence-corrected chi connectivity index (χ2v) is 13.8. The number of carbonyl (C=O) groups is 1. The van der Waals surface area contributed by atoms with Gasteiger partial charge < -0.3 is 44.5 Å². The third-order valence-electron chi connectivity index (χ3n) is 12.4. The molecule has 0 bridgehead atoms. The van der Waals surface area contributed by atoms with Crippen molar-refractivity contribution in [3.8, 4) is 0 Å². The third-order valence-corrected chi connectivity index (χ3v) is 12.4. The second-order valence-electron chi connectivity index (χ2n) is 13.8. The fraction of sp³-hybridized carbons (Fsp3) is 0.897. The van der Waals surface area contributed by atoms with Crippen LogP contribution < -0.4 is 0 Å². The average Bonchev–Trinajstić information content (AvgIpc) is 3.44. The lowest BCUT2D eigenvalue weighted by Gasteiger charge is -2.66. The van der Waals surface area contributed by atoms with Crippen molar-refractivity contribution in [2.45, 2.75) is 113 Å². The summed E-state index contributed by atoms with van der Waals surface area (Å²) in [5, 5.41) is 57.3. The zero-order chi connectivity index (χ0) is 27.5. The van der Waals surface area contributed by atoms with Crippen molar-refractivity contribution in [3.05, 3.63) is 11.6 Å². The Labute approximate surface area is 228 Å². The van der Waals surface area contributed by atoms with Crippen LogP contribution in [0.1, 0.15) is 65.2 Å². The van der Waals surface area contributed by atoms with E-state index in [-0.39, 0.29) is 61.5 Å². The van der Waals surface area contributed by atoms with Crippen molar-refractivity contribution in [1.82, 2.24) is 0 Å². The molecule has 3 heterocycles. The van der Waals surface area contributed by atoms with Crippen LogP contribution in [-0.2, 0) is 23.7 Å². The Kier molecular flexibility index (Phi) is 5.97. The predicted molar refractivity (Wildman–Crippen MR) is 134 cm³/mol. The summed E-state index contributed by atoms with van der Waals surface area (Å²) in [5.41, 5.74) is -1.78. The van der Waals surface area contributed by atoms with E-state index in [1.807, 2.05) is 13.8 Å². The molecule has 2 saturated heterocycles. The molecule has 218 valence electrons. The summed E-state index contributed by atoms with van der Waals surface area (Å²) in [4.78, 5) is 11.8. The molecular formula is C29H42O10. The van der Waals surface area contributed by atoms with E-state index in [0.717, 1.165) is 18.4 Å². The largest absolute Gasteiger partial charge is 0.458 e. The van der Waals surface area contributed by atoms with Gasteiger partial charge in [-0.2, -0.15) is 0 Å². The van der Waals surface area contributed by atoms with Crippen LogP contribution in [0, 0.1) is 34.5 Å². The molecule has 4 aliphatic carbocycles. The first kappa shape index (κ1) is 26.8. The smallest absolute Gasteiger partial charge is 0.331 e. The number of carbonyl (C=O) groups excluding carboxylic acids is 1. The molecule has 14 unspecified atom stereocenters. The molecule has 6 fully saturated rings. The molecule has 0 radical (unpaired) electrons. The number of hydrogen-bond acceptors (Lipinski definition) is 10. The molecule has 39 heavy (non-hydrogen) atoms. The van der Waals surface area contributed by atoms with E-state index < -0.39 is 46.8 Å². The van der Waals surface area contributed by atoms with Gasteiger partial charge in [-0.15, -0.1) is 0 Å². The summed E-state index contributed by atoms with van der Waals surface area (Å²) in [6.07, 6.45) is 1.65. The normalized spacial score (nSPS) is 58.3. The van der Waals surface area contributed by atoms with Gasteiger partial charge in [-0.1, -0.05) is 6.92 Å². The molecule has 10 heteroatoms. The molecule has 7 aliphatic rings. The molecule has 0 aromatic heterocycles. The average molecular weight is 551 g/mol. The fourth-order valence-corrected chi connectivity index (χ4v) is 10.4. The molecule has 0 spiro atoms. The summed E-state index contributed by atoms with van der Waals surface area (Å²) in [5.74, 6) is -2.72. The zero-order valence-corrected chi connectivity index (χ0v) is 22.7. The summed E-state index contributed by atoms with van der Waals surface area (Å²) in [6.45, 7) is 3.87. The highest BCUT2D eigenvalue weighted by atomic mass is 16.8. The number of rotatable bonds is 2. The van der Waals surface area contributed by atoms with Crippen molar-refractivity contribution in [3.63, 3.8) is 0 Å². The maximum Gasteiger partial charge on any atom is 0.331 e. The van der Waals surface area contributed by atoms with E-state index in [9.17, 15) is 30.3 Å². The Morgan fingerprint density at radius 2 is 1.79 bits per heavy atom. The fourth-order valence-electron chi connectivity index (χ4n) is 10.4. The number of cyclic esters (lactones) is 1. The molecule has 14 atom stereocenters. The van der Waals surface area contributed by atoms with Crippen molar-refractivity contribution < 1.29 is 49.3 Å². The van der Waals surface area contributed by atoms with Crippen molar-refractivity contribution >= 4 is 5.97 Å². The molecule has 0 amide bonds. The van der Waals surface area contributed by atoms with Gasteiger partial charge in [0.2, 0.25) is 12.1 Å². The highest BCUT2D eigenvalue weighted by molar-refractivity contribution is 5.85. The molecule has 4 saturated carbocycles. The van der Waals surface area contributed by atoms with Gasteiger partial charge in [0.1, 0.15) is 12.7 Å². The summed E-state index contributed by atoms with van der Waals surface area (Å²) in [7, 11) is 0. The Morgan fingerprint density at radius 3 is 2.51 bits per heavy atom. The first-order valence-corrected chi connectivity index (χ1v) is 14.7. The summed E-state index contributed by atoms with van der Waals surface area (Å²) < 4.78 is 23.5. The minimum atomic E-state index is -1.98. The van der Waals surface area contributed by atoms with Crippen LogP contribution in [0.4, 0.5) is 0 Å². The van der Waals surface area contributed by atoms with Crippen molar-refractivity contribution in [2.75, 3.05) is 13.2 Å². The van der Waals surface area contributed by atoms with E-state index in [1.165, 1.54) is 6.08 Å². The standard InChI is InChI=1S/C29H42O10/c1-14-7-23(32)29(35)25(37-14)38-20-9-16-3-4-18-19(27(16,13-30)11-21(20)39-29)10-22(31)26(2)17(5-6-28(18,26)34)15-8-24(33)36-12-15/h8,14,16-23,25,30-32,34-35H,3-7,9-13H2,1-2H3. The number of esters is 1. The van der Waals surface area contributed by atoms with Crippen LogP contribution in [-0.4, -0.2) is 92.9 Å². The van der Waals surface area contributed by atoms with E-state index in [0.29, 0.717) is 32.1 Å². The van der Waals surface area contributed by atoms with Crippen LogP contribution in [0.2, 0.25) is 0 Å². The van der Waals surface area contributed by atoms with Gasteiger partial charge in [0.15, 0.2) is 0 Å². The van der Waals surface area contributed by atoms with Gasteiger partial charge in [0.25, 0.3) is 0 Å².